The molecule has 1 fully saturated rings. The number of rotatable bonds is 7. The van der Waals surface area contributed by atoms with Crippen LogP contribution in [0.3, 0.4) is 0 Å². The van der Waals surface area contributed by atoms with Crippen molar-refractivity contribution in [2.24, 2.45) is 5.92 Å². The maximum Gasteiger partial charge on any atom is 0.129 e. The maximum atomic E-state index is 5.64. The van der Waals surface area contributed by atoms with E-state index in [1.54, 1.807) is 0 Å². The summed E-state index contributed by atoms with van der Waals surface area (Å²) in [6, 6.07) is 10.4. The second kappa shape index (κ2) is 6.23. The number of ether oxygens (including phenoxy) is 1. The quantitative estimate of drug-likeness (QED) is 0.778. The Balaban J connectivity index is 1.49. The molecule has 0 atom stereocenters. The largest absolute Gasteiger partial charge is 0.381 e. The lowest BCUT2D eigenvalue weighted by atomic mass is 10.1. The third kappa shape index (κ3) is 3.48. The van der Waals surface area contributed by atoms with Gasteiger partial charge in [0.25, 0.3) is 0 Å². The van der Waals surface area contributed by atoms with Crippen molar-refractivity contribution in [1.29, 1.82) is 0 Å². The van der Waals surface area contributed by atoms with E-state index in [2.05, 4.69) is 35.4 Å². The molecule has 1 N–H and O–H groups in total. The van der Waals surface area contributed by atoms with E-state index in [9.17, 15) is 0 Å². The molecule has 0 aliphatic heterocycles. The molecule has 0 radical (unpaired) electrons. The first-order valence-electron chi connectivity index (χ1n) is 7.51. The highest BCUT2D eigenvalue weighted by Gasteiger charge is 2.20. The molecule has 0 saturated heterocycles. The van der Waals surface area contributed by atoms with Crippen LogP contribution in [0.4, 0.5) is 5.82 Å². The van der Waals surface area contributed by atoms with Gasteiger partial charge in [-0.1, -0.05) is 18.2 Å². The zero-order chi connectivity index (χ0) is 13.8. The predicted octanol–water partition coefficient (Wildman–Crippen LogP) is 3.77. The number of para-hydroxylation sites is 1. The van der Waals surface area contributed by atoms with Gasteiger partial charge in [-0.25, -0.2) is 4.98 Å². The highest BCUT2D eigenvalue weighted by Crippen LogP contribution is 2.28. The maximum absolute atomic E-state index is 5.64. The fraction of sp³-hybridized carbons (Fsp3) is 0.471. The Morgan fingerprint density at radius 3 is 3.00 bits per heavy atom. The average Bonchev–Trinajstić information content (AvgIpc) is 3.27. The van der Waals surface area contributed by atoms with Crippen LogP contribution in [-0.2, 0) is 4.74 Å². The summed E-state index contributed by atoms with van der Waals surface area (Å²) in [6.45, 7) is 4.81. The number of fused-ring (bicyclic) bond motifs is 1. The van der Waals surface area contributed by atoms with Crippen LogP contribution in [0, 0.1) is 12.8 Å². The Bertz CT molecular complexity index is 578. The number of nitrogens with one attached hydrogen (secondary N) is 1. The van der Waals surface area contributed by atoms with Crippen molar-refractivity contribution in [1.82, 2.24) is 4.98 Å². The molecule has 0 spiro atoms. The molecule has 0 bridgehead atoms. The second-order valence-electron chi connectivity index (χ2n) is 5.65. The third-order valence-corrected chi connectivity index (χ3v) is 3.72. The number of aromatic nitrogens is 1. The molecule has 0 amide bonds. The van der Waals surface area contributed by atoms with Crippen molar-refractivity contribution in [3.05, 3.63) is 35.9 Å². The number of aryl methyl sites for hydroxylation is 1. The van der Waals surface area contributed by atoms with E-state index >= 15 is 0 Å². The lowest BCUT2D eigenvalue weighted by Crippen LogP contribution is -2.09. The van der Waals surface area contributed by atoms with Gasteiger partial charge in [0, 0.05) is 25.1 Å². The Morgan fingerprint density at radius 2 is 2.15 bits per heavy atom. The summed E-state index contributed by atoms with van der Waals surface area (Å²) in [4.78, 5) is 4.68. The highest BCUT2D eigenvalue weighted by molar-refractivity contribution is 5.81. The Hall–Kier alpha value is -1.61. The van der Waals surface area contributed by atoms with Gasteiger partial charge in [-0.15, -0.1) is 0 Å². The van der Waals surface area contributed by atoms with Crippen LogP contribution in [0.15, 0.2) is 30.3 Å². The Kier molecular flexibility index (Phi) is 4.16. The first-order chi connectivity index (χ1) is 9.83. The first-order valence-corrected chi connectivity index (χ1v) is 7.51. The molecule has 2 aromatic rings. The van der Waals surface area contributed by atoms with Gasteiger partial charge in [0.2, 0.25) is 0 Å². The molecule has 3 heteroatoms. The lowest BCUT2D eigenvalue weighted by Gasteiger charge is -2.10. The molecule has 1 saturated carbocycles. The second-order valence-corrected chi connectivity index (χ2v) is 5.65. The number of hydrogen-bond donors (Lipinski definition) is 1. The first kappa shape index (κ1) is 13.4. The topological polar surface area (TPSA) is 34.2 Å². The van der Waals surface area contributed by atoms with Gasteiger partial charge in [0.15, 0.2) is 0 Å². The van der Waals surface area contributed by atoms with Crippen LogP contribution < -0.4 is 5.32 Å². The number of nitrogens with zero attached hydrogens (tertiary/aromatic N) is 1. The summed E-state index contributed by atoms with van der Waals surface area (Å²) in [6.07, 6.45) is 3.75. The third-order valence-electron chi connectivity index (χ3n) is 3.72. The van der Waals surface area contributed by atoms with Crippen molar-refractivity contribution < 1.29 is 4.74 Å². The molecule has 3 nitrogen and oxygen atoms in total. The zero-order valence-electron chi connectivity index (χ0n) is 12.1. The molecule has 1 aromatic carbocycles. The van der Waals surface area contributed by atoms with Gasteiger partial charge in [0.1, 0.15) is 5.82 Å². The normalized spacial score (nSPS) is 14.7. The van der Waals surface area contributed by atoms with Crippen molar-refractivity contribution in [2.45, 2.75) is 26.2 Å². The summed E-state index contributed by atoms with van der Waals surface area (Å²) in [7, 11) is 0. The number of pyridine rings is 1. The monoisotopic (exact) mass is 270 g/mol. The van der Waals surface area contributed by atoms with Crippen molar-refractivity contribution in [3.8, 4) is 0 Å². The molecule has 1 aromatic heterocycles. The number of hydrogen-bond acceptors (Lipinski definition) is 3. The van der Waals surface area contributed by atoms with Gasteiger partial charge in [0.05, 0.1) is 5.52 Å². The van der Waals surface area contributed by atoms with Crippen LogP contribution >= 0.6 is 0 Å². The van der Waals surface area contributed by atoms with E-state index in [0.717, 1.165) is 43.4 Å². The van der Waals surface area contributed by atoms with Gasteiger partial charge in [-0.05, 0) is 49.8 Å². The molecule has 0 unspecified atom stereocenters. The average molecular weight is 270 g/mol. The van der Waals surface area contributed by atoms with E-state index in [1.807, 2.05) is 12.1 Å². The highest BCUT2D eigenvalue weighted by atomic mass is 16.5. The summed E-state index contributed by atoms with van der Waals surface area (Å²) >= 11 is 0. The summed E-state index contributed by atoms with van der Waals surface area (Å²) in [5, 5.41) is 4.62. The molecular formula is C17H22N2O. The summed E-state index contributed by atoms with van der Waals surface area (Å²) in [5.41, 5.74) is 2.24. The SMILES string of the molecule is Cc1cc2ccccc2nc1NCCCOCC1CC1. The van der Waals surface area contributed by atoms with Gasteiger partial charge in [-0.3, -0.25) is 0 Å². The van der Waals surface area contributed by atoms with Crippen LogP contribution in [-0.4, -0.2) is 24.7 Å². The van der Waals surface area contributed by atoms with Crippen molar-refractivity contribution in [2.75, 3.05) is 25.1 Å². The van der Waals surface area contributed by atoms with Crippen LogP contribution in [0.2, 0.25) is 0 Å². The van der Waals surface area contributed by atoms with Crippen molar-refractivity contribution >= 4 is 16.7 Å². The smallest absolute Gasteiger partial charge is 0.129 e. The van der Waals surface area contributed by atoms with E-state index in [4.69, 9.17) is 4.74 Å². The van der Waals surface area contributed by atoms with E-state index in [1.165, 1.54) is 23.8 Å². The van der Waals surface area contributed by atoms with Crippen LogP contribution in [0.5, 0.6) is 0 Å². The number of benzene rings is 1. The fourth-order valence-corrected chi connectivity index (χ4v) is 2.32. The molecule has 1 aliphatic carbocycles. The molecular weight excluding hydrogens is 248 g/mol. The van der Waals surface area contributed by atoms with E-state index in [-0.39, 0.29) is 0 Å². The Labute approximate surface area is 120 Å². The van der Waals surface area contributed by atoms with E-state index < -0.39 is 0 Å². The van der Waals surface area contributed by atoms with Gasteiger partial charge in [-0.2, -0.15) is 0 Å². The minimum absolute atomic E-state index is 0.843. The number of anilines is 1. The van der Waals surface area contributed by atoms with Crippen LogP contribution in [0.1, 0.15) is 24.8 Å². The standard InChI is InChI=1S/C17H22N2O/c1-13-11-15-5-2-3-6-16(15)19-17(13)18-9-4-10-20-12-14-7-8-14/h2-3,5-6,11,14H,4,7-10,12H2,1H3,(H,18,19). The van der Waals surface area contributed by atoms with Gasteiger partial charge < -0.3 is 10.1 Å². The molecule has 1 heterocycles. The van der Waals surface area contributed by atoms with Crippen LogP contribution in [0.25, 0.3) is 10.9 Å². The van der Waals surface area contributed by atoms with Crippen molar-refractivity contribution in [3.63, 3.8) is 0 Å². The molecule has 1 aliphatic rings. The Morgan fingerprint density at radius 1 is 1.30 bits per heavy atom. The van der Waals surface area contributed by atoms with Gasteiger partial charge >= 0.3 is 0 Å². The molecule has 3 rings (SSSR count). The molecule has 106 valence electrons. The fourth-order valence-electron chi connectivity index (χ4n) is 2.32. The minimum Gasteiger partial charge on any atom is -0.381 e. The lowest BCUT2D eigenvalue weighted by molar-refractivity contribution is 0.124. The zero-order valence-corrected chi connectivity index (χ0v) is 12.1. The van der Waals surface area contributed by atoms with E-state index in [0.29, 0.717) is 0 Å². The summed E-state index contributed by atoms with van der Waals surface area (Å²) in [5.74, 6) is 1.85. The predicted molar refractivity (Wildman–Crippen MR) is 83.1 cm³/mol. The molecule has 20 heavy (non-hydrogen) atoms. The minimum atomic E-state index is 0.843. The summed E-state index contributed by atoms with van der Waals surface area (Å²) < 4.78 is 5.64.